The molecule has 0 bridgehead atoms. The van der Waals surface area contributed by atoms with Gasteiger partial charge < -0.3 is 9.64 Å². The monoisotopic (exact) mass is 465 g/mol. The minimum atomic E-state index is -4.98. The molecule has 26 heavy (non-hydrogen) atoms. The topological polar surface area (TPSA) is 29.5 Å². The van der Waals surface area contributed by atoms with Gasteiger partial charge in [0.1, 0.15) is 10.5 Å². The fourth-order valence-electron chi connectivity index (χ4n) is 3.53. The molecular weight excluding hydrogens is 452 g/mol. The number of ether oxygens (including phenoxy) is 1. The van der Waals surface area contributed by atoms with E-state index in [1.54, 1.807) is 0 Å². The molecule has 0 aromatic carbocycles. The van der Waals surface area contributed by atoms with Gasteiger partial charge in [0.15, 0.2) is 0 Å². The number of hydrogen-bond acceptors (Lipinski definition) is 3. The molecule has 1 spiro atoms. The number of carbonyl (C=O) groups excluding carboxylic acids is 1. The average molecular weight is 466 g/mol. The van der Waals surface area contributed by atoms with Gasteiger partial charge in [-0.3, -0.25) is 4.79 Å². The van der Waals surface area contributed by atoms with Crippen LogP contribution in [0.1, 0.15) is 39.9 Å². The summed E-state index contributed by atoms with van der Waals surface area (Å²) in [5, 5.41) is 0. The summed E-state index contributed by atoms with van der Waals surface area (Å²) in [6.45, 7) is 1.33. The Kier molecular flexibility index (Phi) is 4.88. The minimum absolute atomic E-state index is 0.0132. The lowest BCUT2D eigenvalue weighted by atomic mass is 9.82. The van der Waals surface area contributed by atoms with E-state index < -0.39 is 39.6 Å². The number of rotatable bonds is 0. The summed E-state index contributed by atoms with van der Waals surface area (Å²) >= 11 is 3.86. The maximum atomic E-state index is 13.1. The van der Waals surface area contributed by atoms with E-state index in [1.807, 2.05) is 0 Å². The molecule has 0 aliphatic carbocycles. The van der Waals surface area contributed by atoms with Crippen LogP contribution in [0.15, 0.2) is 6.07 Å². The van der Waals surface area contributed by atoms with E-state index in [4.69, 9.17) is 4.74 Å². The Morgan fingerprint density at radius 3 is 2.54 bits per heavy atom. The van der Waals surface area contributed by atoms with Crippen LogP contribution in [0.2, 0.25) is 0 Å². The van der Waals surface area contributed by atoms with Crippen LogP contribution in [0.4, 0.5) is 26.3 Å². The number of alkyl halides is 7. The van der Waals surface area contributed by atoms with Crippen LogP contribution in [-0.2, 0) is 21.3 Å². The Morgan fingerprint density at radius 2 is 2.00 bits per heavy atom. The van der Waals surface area contributed by atoms with Crippen molar-refractivity contribution in [2.75, 3.05) is 13.2 Å². The van der Waals surface area contributed by atoms with Gasteiger partial charge in [0, 0.05) is 23.9 Å². The molecule has 146 valence electrons. The number of nitrogens with zero attached hydrogens (tertiary/aromatic N) is 1. The molecular formula is C15H14BrF6NO2S. The Balaban J connectivity index is 1.93. The maximum absolute atomic E-state index is 13.1. The summed E-state index contributed by atoms with van der Waals surface area (Å²) in [6, 6.07) is 0.260. The van der Waals surface area contributed by atoms with E-state index in [0.717, 1.165) is 6.07 Å². The van der Waals surface area contributed by atoms with E-state index in [0.29, 0.717) is 26.7 Å². The number of likely N-dealkylation sites (tertiary alicyclic amines) is 1. The zero-order valence-corrected chi connectivity index (χ0v) is 15.8. The Morgan fingerprint density at radius 1 is 1.35 bits per heavy atom. The molecule has 1 fully saturated rings. The first-order valence-electron chi connectivity index (χ1n) is 7.72. The molecule has 3 heterocycles. The van der Waals surface area contributed by atoms with Crippen LogP contribution in [0.3, 0.4) is 0 Å². The van der Waals surface area contributed by atoms with Crippen molar-refractivity contribution in [1.29, 1.82) is 0 Å². The number of fused-ring (bicyclic) bond motifs is 2. The van der Waals surface area contributed by atoms with Crippen molar-refractivity contribution in [3.05, 3.63) is 21.4 Å². The minimum Gasteiger partial charge on any atom is -0.368 e. The van der Waals surface area contributed by atoms with E-state index in [1.165, 1.54) is 6.92 Å². The van der Waals surface area contributed by atoms with Gasteiger partial charge in [0.25, 0.3) is 0 Å². The van der Waals surface area contributed by atoms with Crippen molar-refractivity contribution < 1.29 is 35.9 Å². The highest BCUT2D eigenvalue weighted by molar-refractivity contribution is 9.09. The second kappa shape index (κ2) is 6.37. The predicted octanol–water partition coefficient (Wildman–Crippen LogP) is 5.00. The molecule has 1 saturated heterocycles. The zero-order chi connectivity index (χ0) is 19.5. The highest BCUT2D eigenvalue weighted by Crippen LogP contribution is 2.53. The number of halogens is 7. The molecule has 3 rings (SSSR count). The van der Waals surface area contributed by atoms with Crippen LogP contribution in [0.5, 0.6) is 0 Å². The lowest BCUT2D eigenvalue weighted by Crippen LogP contribution is -2.55. The first-order valence-corrected chi connectivity index (χ1v) is 9.45. The molecule has 3 atom stereocenters. The first kappa shape index (κ1) is 19.9. The second-order valence-corrected chi connectivity index (χ2v) is 8.62. The molecule has 3 nitrogen and oxygen atoms in total. The van der Waals surface area contributed by atoms with Gasteiger partial charge in [-0.05, 0) is 25.0 Å². The van der Waals surface area contributed by atoms with Crippen LogP contribution in [0.25, 0.3) is 0 Å². The lowest BCUT2D eigenvalue weighted by molar-refractivity contribution is -0.194. The summed E-state index contributed by atoms with van der Waals surface area (Å²) in [5.41, 5.74) is -0.647. The largest absolute Gasteiger partial charge is 0.471 e. The van der Waals surface area contributed by atoms with Crippen LogP contribution >= 0.6 is 27.3 Å². The molecule has 1 unspecified atom stereocenters. The normalized spacial score (nSPS) is 29.8. The van der Waals surface area contributed by atoms with Gasteiger partial charge >= 0.3 is 18.3 Å². The van der Waals surface area contributed by atoms with Crippen LogP contribution < -0.4 is 0 Å². The fraction of sp³-hybridized carbons (Fsp3) is 0.667. The van der Waals surface area contributed by atoms with Crippen molar-refractivity contribution in [3.63, 3.8) is 0 Å². The number of carbonyl (C=O) groups is 1. The van der Waals surface area contributed by atoms with Crippen molar-refractivity contribution in [2.24, 2.45) is 0 Å². The molecule has 0 saturated carbocycles. The highest BCUT2D eigenvalue weighted by Gasteiger charge is 2.52. The fourth-order valence-corrected chi connectivity index (χ4v) is 5.45. The van der Waals surface area contributed by atoms with Gasteiger partial charge in [0.05, 0.1) is 11.4 Å². The van der Waals surface area contributed by atoms with Gasteiger partial charge in [0.2, 0.25) is 0 Å². The summed E-state index contributed by atoms with van der Waals surface area (Å²) in [6.07, 6.45) is -9.46. The summed E-state index contributed by atoms with van der Waals surface area (Å²) in [4.78, 5) is 11.5. The lowest BCUT2D eigenvalue weighted by Gasteiger charge is -2.47. The molecule has 1 aromatic rings. The third kappa shape index (κ3) is 3.37. The number of hydrogen-bond donors (Lipinski definition) is 0. The predicted molar refractivity (Wildman–Crippen MR) is 85.1 cm³/mol. The molecule has 1 aromatic heterocycles. The van der Waals surface area contributed by atoms with Gasteiger partial charge in [-0.1, -0.05) is 15.9 Å². The highest BCUT2D eigenvalue weighted by atomic mass is 79.9. The van der Waals surface area contributed by atoms with Crippen molar-refractivity contribution in [2.45, 2.75) is 48.6 Å². The quantitative estimate of drug-likeness (QED) is 0.398. The molecule has 2 aliphatic heterocycles. The summed E-state index contributed by atoms with van der Waals surface area (Å²) < 4.78 is 83.3. The van der Waals surface area contributed by atoms with E-state index in [2.05, 4.69) is 15.9 Å². The van der Waals surface area contributed by atoms with Crippen molar-refractivity contribution in [1.82, 2.24) is 4.90 Å². The van der Waals surface area contributed by atoms with E-state index in [9.17, 15) is 31.1 Å². The standard InChI is InChI=1S/C15H14BrF6NO2S/c1-7-5-13(2-3-23(7)12(24)15(20,21)22)11-8(9(16)6-25-13)4-10(26-11)14(17,18)19/h4,7,9H,2-3,5-6H2,1H3/t7-,9?,13+/m0/s1. The smallest absolute Gasteiger partial charge is 0.368 e. The van der Waals surface area contributed by atoms with Gasteiger partial charge in [-0.25, -0.2) is 0 Å². The number of piperidine rings is 1. The number of thiophene rings is 1. The Hall–Kier alpha value is -0.810. The maximum Gasteiger partial charge on any atom is 0.471 e. The molecule has 1 amide bonds. The van der Waals surface area contributed by atoms with Crippen molar-refractivity contribution in [3.8, 4) is 0 Å². The number of amides is 1. The molecule has 11 heteroatoms. The Labute approximate surface area is 157 Å². The van der Waals surface area contributed by atoms with Gasteiger partial charge in [-0.2, -0.15) is 26.3 Å². The Bertz CT molecular complexity index is 718. The van der Waals surface area contributed by atoms with E-state index in [-0.39, 0.29) is 26.0 Å². The third-order valence-corrected chi connectivity index (χ3v) is 6.85. The summed E-state index contributed by atoms with van der Waals surface area (Å²) in [5.74, 6) is -1.93. The van der Waals surface area contributed by atoms with Crippen LogP contribution in [-0.4, -0.2) is 36.2 Å². The third-order valence-electron chi connectivity index (χ3n) is 4.71. The summed E-state index contributed by atoms with van der Waals surface area (Å²) in [7, 11) is 0. The van der Waals surface area contributed by atoms with Crippen molar-refractivity contribution >= 4 is 33.2 Å². The molecule has 0 radical (unpaired) electrons. The molecule has 2 aliphatic rings. The van der Waals surface area contributed by atoms with Gasteiger partial charge in [-0.15, -0.1) is 11.3 Å². The first-order chi connectivity index (χ1) is 11.8. The average Bonchev–Trinajstić information content (AvgIpc) is 2.97. The van der Waals surface area contributed by atoms with Crippen LogP contribution in [0, 0.1) is 0 Å². The SMILES string of the molecule is C[C@H]1C[C@@]2(CCN1C(=O)C(F)(F)F)OCC(Br)c1cc(C(F)(F)F)sc12. The van der Waals surface area contributed by atoms with E-state index >= 15 is 0 Å². The zero-order valence-electron chi connectivity index (χ0n) is 13.4. The molecule has 0 N–H and O–H groups in total. The second-order valence-electron chi connectivity index (χ2n) is 6.47.